The van der Waals surface area contributed by atoms with E-state index in [0.29, 0.717) is 19.5 Å². The predicted molar refractivity (Wildman–Crippen MR) is 101 cm³/mol. The summed E-state index contributed by atoms with van der Waals surface area (Å²) in [6, 6.07) is 17.8. The van der Waals surface area contributed by atoms with Crippen LogP contribution in [0.15, 0.2) is 54.6 Å². The fraction of sp³-hybridized carbons (Fsp3) is 0.333. The van der Waals surface area contributed by atoms with Gasteiger partial charge in [0, 0.05) is 26.3 Å². The van der Waals surface area contributed by atoms with Crippen LogP contribution in [0.2, 0.25) is 0 Å². The van der Waals surface area contributed by atoms with Gasteiger partial charge in [-0.05, 0) is 23.6 Å². The summed E-state index contributed by atoms with van der Waals surface area (Å²) >= 11 is 0. The largest absolute Gasteiger partial charge is 0.348 e. The Bertz CT molecular complexity index is 849. The molecule has 2 aromatic rings. The molecular weight excluding hydrogens is 326 g/mol. The van der Waals surface area contributed by atoms with Gasteiger partial charge in [-0.1, -0.05) is 48.5 Å². The van der Waals surface area contributed by atoms with Crippen LogP contribution in [0.4, 0.5) is 5.69 Å². The topological polar surface area (TPSA) is 52.7 Å². The van der Waals surface area contributed by atoms with Gasteiger partial charge in [0.2, 0.25) is 11.8 Å². The number of para-hydroxylation sites is 1. The number of likely N-dealkylation sites (N-methyl/N-ethyl adjacent to an activating group) is 1. The van der Waals surface area contributed by atoms with Gasteiger partial charge >= 0.3 is 0 Å². The molecule has 0 aliphatic carbocycles. The van der Waals surface area contributed by atoms with Crippen LogP contribution in [0, 0.1) is 0 Å². The summed E-state index contributed by atoms with van der Waals surface area (Å²) in [4.78, 5) is 29.3. The maximum atomic E-state index is 13.2. The second kappa shape index (κ2) is 6.25. The van der Waals surface area contributed by atoms with Crippen molar-refractivity contribution in [3.8, 4) is 0 Å². The van der Waals surface area contributed by atoms with E-state index in [9.17, 15) is 9.59 Å². The highest BCUT2D eigenvalue weighted by Gasteiger charge is 2.58. The van der Waals surface area contributed by atoms with Gasteiger partial charge in [0.25, 0.3) is 0 Å². The minimum atomic E-state index is -0.648. The van der Waals surface area contributed by atoms with Crippen LogP contribution in [0.1, 0.15) is 23.6 Å². The smallest absolute Gasteiger partial charge is 0.237 e. The maximum absolute atomic E-state index is 13.2. The number of benzene rings is 2. The van der Waals surface area contributed by atoms with Crippen LogP contribution >= 0.6 is 0 Å². The predicted octanol–water partition coefficient (Wildman–Crippen LogP) is 2.41. The Hall–Kier alpha value is -2.66. The second-order valence-electron chi connectivity index (χ2n) is 7.29. The number of carbonyl (C=O) groups excluding carboxylic acids is 2. The lowest BCUT2D eigenvalue weighted by Crippen LogP contribution is -2.43. The Balaban J connectivity index is 1.82. The molecule has 0 bridgehead atoms. The quantitative estimate of drug-likeness (QED) is 0.926. The standard InChI is InChI=1S/C21H23N3O2/c1-23(2)18(25)14-24-13-12-21(19(24)15-8-4-3-5-9-15)16-10-6-7-11-17(16)22-20(21)26/h3-11,19H,12-14H2,1-2H3,(H,22,26)/t19-,21-/m0/s1. The van der Waals surface area contributed by atoms with Crippen molar-refractivity contribution in [2.75, 3.05) is 32.5 Å². The molecule has 4 rings (SSSR count). The minimum absolute atomic E-state index is 0.0346. The average molecular weight is 349 g/mol. The third-order valence-electron chi connectivity index (χ3n) is 5.64. The number of amides is 2. The Morgan fingerprint density at radius 1 is 1.15 bits per heavy atom. The third kappa shape index (κ3) is 2.42. The number of hydrogen-bond acceptors (Lipinski definition) is 3. The Kier molecular flexibility index (Phi) is 4.04. The summed E-state index contributed by atoms with van der Waals surface area (Å²) in [7, 11) is 3.53. The summed E-state index contributed by atoms with van der Waals surface area (Å²) in [5.74, 6) is 0.0852. The van der Waals surface area contributed by atoms with Crippen molar-refractivity contribution in [1.29, 1.82) is 0 Å². The van der Waals surface area contributed by atoms with E-state index in [1.165, 1.54) is 0 Å². The van der Waals surface area contributed by atoms with Crippen LogP contribution < -0.4 is 5.32 Å². The molecule has 134 valence electrons. The van der Waals surface area contributed by atoms with Gasteiger partial charge in [0.1, 0.15) is 0 Å². The van der Waals surface area contributed by atoms with Crippen LogP contribution in [-0.2, 0) is 15.0 Å². The van der Waals surface area contributed by atoms with E-state index in [1.807, 2.05) is 42.5 Å². The van der Waals surface area contributed by atoms with E-state index >= 15 is 0 Å². The molecule has 0 saturated carbocycles. The van der Waals surface area contributed by atoms with Gasteiger partial charge in [0.05, 0.1) is 18.0 Å². The van der Waals surface area contributed by atoms with Crippen LogP contribution in [0.25, 0.3) is 0 Å². The highest BCUT2D eigenvalue weighted by atomic mass is 16.2. The third-order valence-corrected chi connectivity index (χ3v) is 5.64. The summed E-state index contributed by atoms with van der Waals surface area (Å²) in [6.07, 6.45) is 0.704. The first-order chi connectivity index (χ1) is 12.5. The van der Waals surface area contributed by atoms with Crippen LogP contribution in [-0.4, -0.2) is 48.8 Å². The maximum Gasteiger partial charge on any atom is 0.237 e. The Labute approximate surface area is 153 Å². The van der Waals surface area contributed by atoms with E-state index in [0.717, 1.165) is 16.8 Å². The molecule has 1 saturated heterocycles. The minimum Gasteiger partial charge on any atom is -0.348 e. The van der Waals surface area contributed by atoms with Gasteiger partial charge in [-0.3, -0.25) is 14.5 Å². The highest BCUT2D eigenvalue weighted by molar-refractivity contribution is 6.07. The number of nitrogens with one attached hydrogen (secondary N) is 1. The second-order valence-corrected chi connectivity index (χ2v) is 7.29. The first-order valence-corrected chi connectivity index (χ1v) is 8.94. The Morgan fingerprint density at radius 3 is 2.58 bits per heavy atom. The molecule has 26 heavy (non-hydrogen) atoms. The molecule has 0 unspecified atom stereocenters. The zero-order valence-electron chi connectivity index (χ0n) is 15.1. The number of rotatable bonds is 3. The fourth-order valence-electron chi connectivity index (χ4n) is 4.37. The van der Waals surface area contributed by atoms with Crippen molar-refractivity contribution in [1.82, 2.24) is 9.80 Å². The van der Waals surface area contributed by atoms with Gasteiger partial charge < -0.3 is 10.2 Å². The highest BCUT2D eigenvalue weighted by Crippen LogP contribution is 2.54. The molecule has 1 N–H and O–H groups in total. The number of likely N-dealkylation sites (tertiary alicyclic amines) is 1. The summed E-state index contributed by atoms with van der Waals surface area (Å²) in [5, 5.41) is 3.07. The van der Waals surface area contributed by atoms with Crippen molar-refractivity contribution in [2.45, 2.75) is 17.9 Å². The lowest BCUT2D eigenvalue weighted by molar-refractivity contribution is -0.131. The van der Waals surface area contributed by atoms with E-state index in [2.05, 4.69) is 22.3 Å². The van der Waals surface area contributed by atoms with Crippen LogP contribution in [0.3, 0.4) is 0 Å². The van der Waals surface area contributed by atoms with Crippen molar-refractivity contribution < 1.29 is 9.59 Å². The zero-order chi connectivity index (χ0) is 18.3. The first-order valence-electron chi connectivity index (χ1n) is 8.94. The molecule has 0 radical (unpaired) electrons. The molecule has 2 atom stereocenters. The van der Waals surface area contributed by atoms with E-state index < -0.39 is 5.41 Å². The van der Waals surface area contributed by atoms with Gasteiger partial charge in [-0.25, -0.2) is 0 Å². The zero-order valence-corrected chi connectivity index (χ0v) is 15.1. The number of fused-ring (bicyclic) bond motifs is 2. The number of hydrogen-bond donors (Lipinski definition) is 1. The lowest BCUT2D eigenvalue weighted by Gasteiger charge is -2.34. The Morgan fingerprint density at radius 2 is 1.85 bits per heavy atom. The molecule has 1 fully saturated rings. The van der Waals surface area contributed by atoms with Crippen molar-refractivity contribution in [3.05, 3.63) is 65.7 Å². The number of carbonyl (C=O) groups is 2. The van der Waals surface area contributed by atoms with Crippen molar-refractivity contribution >= 4 is 17.5 Å². The molecular formula is C21H23N3O2. The lowest BCUT2D eigenvalue weighted by atomic mass is 9.72. The normalized spacial score (nSPS) is 24.5. The van der Waals surface area contributed by atoms with Gasteiger partial charge in [-0.15, -0.1) is 0 Å². The molecule has 2 heterocycles. The van der Waals surface area contributed by atoms with Crippen molar-refractivity contribution in [2.24, 2.45) is 0 Å². The molecule has 2 aromatic carbocycles. The molecule has 0 aromatic heterocycles. The summed E-state index contributed by atoms with van der Waals surface area (Å²) in [5.41, 5.74) is 2.35. The molecule has 5 nitrogen and oxygen atoms in total. The monoisotopic (exact) mass is 349 g/mol. The van der Waals surface area contributed by atoms with Crippen LogP contribution in [0.5, 0.6) is 0 Å². The molecule has 2 amide bonds. The number of nitrogens with zero attached hydrogens (tertiary/aromatic N) is 2. The van der Waals surface area contributed by atoms with Crippen molar-refractivity contribution in [3.63, 3.8) is 0 Å². The molecule has 2 aliphatic heterocycles. The molecule has 1 spiro atoms. The van der Waals surface area contributed by atoms with E-state index in [-0.39, 0.29) is 17.9 Å². The average Bonchev–Trinajstić information content (AvgIpc) is 3.15. The van der Waals surface area contributed by atoms with Gasteiger partial charge in [-0.2, -0.15) is 0 Å². The summed E-state index contributed by atoms with van der Waals surface area (Å²) < 4.78 is 0. The van der Waals surface area contributed by atoms with Gasteiger partial charge in [0.15, 0.2) is 0 Å². The fourth-order valence-corrected chi connectivity index (χ4v) is 4.37. The first kappa shape index (κ1) is 16.8. The summed E-state index contributed by atoms with van der Waals surface area (Å²) in [6.45, 7) is 1.02. The van der Waals surface area contributed by atoms with E-state index in [4.69, 9.17) is 0 Å². The molecule has 5 heteroatoms. The number of anilines is 1. The molecule has 2 aliphatic rings. The van der Waals surface area contributed by atoms with E-state index in [1.54, 1.807) is 19.0 Å². The SMILES string of the molecule is CN(C)C(=O)CN1CC[C@@]2(C(=O)Nc3ccccc32)[C@@H]1c1ccccc1.